The molecule has 32 heavy (non-hydrogen) atoms. The number of allylic oxidation sites excluding steroid dienone is 3. The molecule has 0 bridgehead atoms. The summed E-state index contributed by atoms with van der Waals surface area (Å²) in [4.78, 5) is 13.3. The van der Waals surface area contributed by atoms with E-state index in [1.807, 2.05) is 44.3 Å². The monoisotopic (exact) mass is 424 g/mol. The lowest BCUT2D eigenvalue weighted by Gasteiger charge is -2.20. The van der Waals surface area contributed by atoms with Crippen molar-refractivity contribution < 1.29 is 0 Å². The van der Waals surface area contributed by atoms with Gasteiger partial charge in [0, 0.05) is 34.1 Å². The molecule has 164 valence electrons. The number of rotatable bonds is 6. The van der Waals surface area contributed by atoms with E-state index >= 15 is 0 Å². The molecule has 1 unspecified atom stereocenters. The first kappa shape index (κ1) is 23.0. The van der Waals surface area contributed by atoms with Crippen LogP contribution in [-0.2, 0) is 0 Å². The van der Waals surface area contributed by atoms with Gasteiger partial charge < -0.3 is 9.80 Å². The molecule has 0 radical (unpaired) electrons. The molecule has 0 heterocycles. The van der Waals surface area contributed by atoms with Crippen molar-refractivity contribution >= 4 is 30.4 Å². The molecule has 1 aliphatic rings. The molecule has 1 atom stereocenters. The molecule has 0 fully saturated rings. The van der Waals surface area contributed by atoms with Crippen LogP contribution in [0.5, 0.6) is 0 Å². The number of fused-ring (bicyclic) bond motifs is 1. The van der Waals surface area contributed by atoms with Gasteiger partial charge in [0.15, 0.2) is 0 Å². The Hall–Kier alpha value is -3.66. The summed E-state index contributed by atoms with van der Waals surface area (Å²) in [6.07, 6.45) is 12.2. The molecule has 0 N–H and O–H groups in total. The van der Waals surface area contributed by atoms with Crippen LogP contribution in [-0.4, -0.2) is 50.7 Å². The van der Waals surface area contributed by atoms with E-state index in [4.69, 9.17) is 9.98 Å². The zero-order valence-electron chi connectivity index (χ0n) is 19.7. The summed E-state index contributed by atoms with van der Waals surface area (Å²) in [5.74, 6) is -0.0524. The van der Waals surface area contributed by atoms with Crippen LogP contribution in [0.1, 0.15) is 24.0 Å². The van der Waals surface area contributed by atoms with Crippen LogP contribution < -0.4 is 10.4 Å². The number of aliphatic imine (C=N–C) groups is 2. The lowest BCUT2D eigenvalue weighted by atomic mass is 9.85. The number of benzene rings is 2. The summed E-state index contributed by atoms with van der Waals surface area (Å²) in [6, 6.07) is 16.9. The van der Waals surface area contributed by atoms with E-state index in [2.05, 4.69) is 86.3 Å². The van der Waals surface area contributed by atoms with Gasteiger partial charge in [-0.05, 0) is 46.2 Å². The molecule has 0 aromatic heterocycles. The second kappa shape index (κ2) is 10.6. The maximum atomic E-state index is 4.71. The molecule has 0 amide bonds. The van der Waals surface area contributed by atoms with Gasteiger partial charge in [0.2, 0.25) is 0 Å². The summed E-state index contributed by atoms with van der Waals surface area (Å²) < 4.78 is 0. The summed E-state index contributed by atoms with van der Waals surface area (Å²) in [6.45, 7) is 6.45. The van der Waals surface area contributed by atoms with Gasteiger partial charge in [-0.15, -0.1) is 0 Å². The van der Waals surface area contributed by atoms with E-state index in [0.717, 1.165) is 27.4 Å². The van der Waals surface area contributed by atoms with Gasteiger partial charge in [-0.25, -0.2) is 9.98 Å². The Morgan fingerprint density at radius 2 is 1.59 bits per heavy atom. The molecule has 0 spiro atoms. The van der Waals surface area contributed by atoms with Crippen molar-refractivity contribution in [3.63, 3.8) is 0 Å². The van der Waals surface area contributed by atoms with Crippen LogP contribution in [0.25, 0.3) is 17.7 Å². The highest BCUT2D eigenvalue weighted by Gasteiger charge is 2.22. The van der Waals surface area contributed by atoms with Gasteiger partial charge in [-0.2, -0.15) is 0 Å². The Morgan fingerprint density at radius 1 is 0.906 bits per heavy atom. The van der Waals surface area contributed by atoms with Crippen LogP contribution in [0.15, 0.2) is 88.6 Å². The smallest absolute Gasteiger partial charge is 0.0906 e. The maximum Gasteiger partial charge on any atom is 0.0906 e. The Morgan fingerprint density at radius 3 is 2.31 bits per heavy atom. The molecule has 3 rings (SSSR count). The van der Waals surface area contributed by atoms with E-state index in [1.54, 1.807) is 6.34 Å². The van der Waals surface area contributed by atoms with E-state index in [0.29, 0.717) is 0 Å². The van der Waals surface area contributed by atoms with Gasteiger partial charge in [0.1, 0.15) is 0 Å². The van der Waals surface area contributed by atoms with Crippen molar-refractivity contribution in [2.24, 2.45) is 9.98 Å². The average Bonchev–Trinajstić information content (AvgIpc) is 2.96. The van der Waals surface area contributed by atoms with Crippen LogP contribution in [0.4, 0.5) is 0 Å². The third kappa shape index (κ3) is 5.52. The predicted molar refractivity (Wildman–Crippen MR) is 139 cm³/mol. The second-order valence-corrected chi connectivity index (χ2v) is 8.18. The normalized spacial score (nSPS) is 17.2. The van der Waals surface area contributed by atoms with E-state index in [1.165, 1.54) is 11.1 Å². The van der Waals surface area contributed by atoms with Crippen molar-refractivity contribution in [1.29, 1.82) is 0 Å². The Bertz CT molecular complexity index is 1210. The SMILES string of the molecule is C=C(N=CN(C)C)/C(=c1/ccccc1=CC)C1C=C(N=CN(C)C)C=Cc2ccccc21. The molecule has 4 heteroatoms. The summed E-state index contributed by atoms with van der Waals surface area (Å²) in [5, 5.41) is 2.29. The predicted octanol–water partition coefficient (Wildman–Crippen LogP) is 4.03. The fourth-order valence-corrected chi connectivity index (χ4v) is 3.70. The molecular formula is C28H32N4. The standard InChI is InChI=1S/C28H32N4/c1-7-22-12-8-11-15-26(22)28(21(2)29-19-31(3)4)27-18-24(30-20-32(5)6)17-16-23-13-9-10-14-25(23)27/h7-20,27H,2H2,1,3-6H3/b22-7?,28-26+,29-19?,30-20?. The van der Waals surface area contributed by atoms with Gasteiger partial charge in [-0.3, -0.25) is 0 Å². The third-order valence-electron chi connectivity index (χ3n) is 5.17. The second-order valence-electron chi connectivity index (χ2n) is 8.18. The first-order valence-electron chi connectivity index (χ1n) is 10.8. The minimum atomic E-state index is -0.0524. The van der Waals surface area contributed by atoms with Crippen LogP contribution >= 0.6 is 0 Å². The van der Waals surface area contributed by atoms with Crippen LogP contribution in [0, 0.1) is 0 Å². The van der Waals surface area contributed by atoms with Crippen molar-refractivity contribution in [3.05, 3.63) is 100 Å². The van der Waals surface area contributed by atoms with E-state index in [-0.39, 0.29) is 5.92 Å². The number of hydrogen-bond acceptors (Lipinski definition) is 2. The summed E-state index contributed by atoms with van der Waals surface area (Å²) in [7, 11) is 7.87. The molecule has 0 aliphatic heterocycles. The van der Waals surface area contributed by atoms with Gasteiger partial charge in [0.05, 0.1) is 24.1 Å². The lowest BCUT2D eigenvalue weighted by molar-refractivity contribution is 0.642. The van der Waals surface area contributed by atoms with Crippen LogP contribution in [0.3, 0.4) is 0 Å². The average molecular weight is 425 g/mol. The number of hydrogen-bond donors (Lipinski definition) is 0. The molecule has 2 aromatic carbocycles. The summed E-state index contributed by atoms with van der Waals surface area (Å²) >= 11 is 0. The number of nitrogens with zero attached hydrogens (tertiary/aromatic N) is 4. The van der Waals surface area contributed by atoms with E-state index in [9.17, 15) is 0 Å². The first-order valence-corrected chi connectivity index (χ1v) is 10.8. The quantitative estimate of drug-likeness (QED) is 0.518. The lowest BCUT2D eigenvalue weighted by Crippen LogP contribution is -2.29. The van der Waals surface area contributed by atoms with Crippen LogP contribution in [0.2, 0.25) is 0 Å². The minimum Gasteiger partial charge on any atom is -0.369 e. The molecule has 0 saturated heterocycles. The zero-order valence-corrected chi connectivity index (χ0v) is 19.7. The van der Waals surface area contributed by atoms with Crippen molar-refractivity contribution in [3.8, 4) is 0 Å². The maximum absolute atomic E-state index is 4.71. The van der Waals surface area contributed by atoms with Crippen molar-refractivity contribution in [2.75, 3.05) is 28.2 Å². The van der Waals surface area contributed by atoms with Gasteiger partial charge in [0.25, 0.3) is 0 Å². The van der Waals surface area contributed by atoms with Crippen molar-refractivity contribution in [1.82, 2.24) is 9.80 Å². The first-order chi connectivity index (χ1) is 15.4. The fraction of sp³-hybridized carbons (Fsp3) is 0.214. The summed E-state index contributed by atoms with van der Waals surface area (Å²) in [5.41, 5.74) is 5.09. The van der Waals surface area contributed by atoms with E-state index < -0.39 is 0 Å². The third-order valence-corrected chi connectivity index (χ3v) is 5.17. The zero-order chi connectivity index (χ0) is 23.1. The Balaban J connectivity index is 2.36. The topological polar surface area (TPSA) is 31.2 Å². The molecular weight excluding hydrogens is 392 g/mol. The highest BCUT2D eigenvalue weighted by atomic mass is 15.1. The molecule has 4 nitrogen and oxygen atoms in total. The Kier molecular flexibility index (Phi) is 7.61. The molecule has 0 saturated carbocycles. The Labute approximate surface area is 191 Å². The fourth-order valence-electron chi connectivity index (χ4n) is 3.70. The highest BCUT2D eigenvalue weighted by molar-refractivity contribution is 5.78. The highest BCUT2D eigenvalue weighted by Crippen LogP contribution is 2.36. The van der Waals surface area contributed by atoms with Gasteiger partial charge in [-0.1, -0.05) is 67.3 Å². The molecule has 2 aromatic rings. The van der Waals surface area contributed by atoms with Gasteiger partial charge >= 0.3 is 0 Å². The minimum absolute atomic E-state index is 0.0524. The van der Waals surface area contributed by atoms with Crippen molar-refractivity contribution in [2.45, 2.75) is 12.8 Å². The largest absolute Gasteiger partial charge is 0.369 e. The molecule has 1 aliphatic carbocycles.